The Kier molecular flexibility index (Phi) is 6.90. The van der Waals surface area contributed by atoms with E-state index in [1.54, 1.807) is 0 Å². The van der Waals surface area contributed by atoms with Crippen LogP contribution in [0.4, 0.5) is 0 Å². The van der Waals surface area contributed by atoms with Crippen LogP contribution in [-0.4, -0.2) is 24.6 Å². The molecular weight excluding hydrogens is 354 g/mol. The minimum absolute atomic E-state index is 0.683. The van der Waals surface area contributed by atoms with Crippen molar-refractivity contribution in [1.29, 1.82) is 0 Å². The zero-order chi connectivity index (χ0) is 19.7. The molecule has 4 rings (SSSR count). The van der Waals surface area contributed by atoms with Gasteiger partial charge in [0.05, 0.1) is 13.2 Å². The van der Waals surface area contributed by atoms with Crippen molar-refractivity contribution < 1.29 is 4.74 Å². The molecule has 3 aromatic carbocycles. The summed E-state index contributed by atoms with van der Waals surface area (Å²) in [5.41, 5.74) is 6.81. The molecule has 0 fully saturated rings. The molecule has 148 valence electrons. The van der Waals surface area contributed by atoms with Gasteiger partial charge in [0.1, 0.15) is 0 Å². The average molecular weight is 384 g/mol. The highest BCUT2D eigenvalue weighted by atomic mass is 16.5. The molecule has 29 heavy (non-hydrogen) atoms. The van der Waals surface area contributed by atoms with E-state index in [0.717, 1.165) is 39.1 Å². The van der Waals surface area contributed by atoms with E-state index in [1.165, 1.54) is 27.8 Å². The van der Waals surface area contributed by atoms with Crippen molar-refractivity contribution in [2.75, 3.05) is 19.7 Å². The highest BCUT2D eigenvalue weighted by molar-refractivity contribution is 5.67. The second kappa shape index (κ2) is 10.2. The van der Waals surface area contributed by atoms with Gasteiger partial charge in [0.15, 0.2) is 0 Å². The van der Waals surface area contributed by atoms with Crippen molar-refractivity contribution in [2.24, 2.45) is 0 Å². The third-order valence-corrected chi connectivity index (χ3v) is 5.49. The molecule has 0 bridgehead atoms. The summed E-state index contributed by atoms with van der Waals surface area (Å²) in [6.07, 6.45) is 4.46. The Morgan fingerprint density at radius 2 is 1.48 bits per heavy atom. The van der Waals surface area contributed by atoms with Crippen LogP contribution in [0.3, 0.4) is 0 Å². The predicted molar refractivity (Wildman–Crippen MR) is 121 cm³/mol. The highest BCUT2D eigenvalue weighted by Crippen LogP contribution is 2.24. The fourth-order valence-corrected chi connectivity index (χ4v) is 3.84. The molecule has 0 saturated heterocycles. The Morgan fingerprint density at radius 1 is 0.759 bits per heavy atom. The number of benzene rings is 3. The number of ether oxygens (including phenoxy) is 1. The van der Waals surface area contributed by atoms with Gasteiger partial charge in [0.2, 0.25) is 0 Å². The van der Waals surface area contributed by atoms with Crippen molar-refractivity contribution in [1.82, 2.24) is 4.90 Å². The summed E-state index contributed by atoms with van der Waals surface area (Å²) in [4.78, 5) is 2.51. The van der Waals surface area contributed by atoms with E-state index in [4.69, 9.17) is 4.74 Å². The minimum atomic E-state index is 0.683. The Labute approximate surface area is 174 Å². The van der Waals surface area contributed by atoms with Crippen LogP contribution in [0.25, 0.3) is 5.57 Å². The summed E-state index contributed by atoms with van der Waals surface area (Å²) in [5, 5.41) is 0. The lowest BCUT2D eigenvalue weighted by Gasteiger charge is -2.26. The molecule has 0 radical (unpaired) electrons. The van der Waals surface area contributed by atoms with Crippen LogP contribution in [0.5, 0.6) is 0 Å². The molecule has 0 aliphatic carbocycles. The third kappa shape index (κ3) is 5.90. The lowest BCUT2D eigenvalue weighted by Crippen LogP contribution is -2.28. The number of hydrogen-bond acceptors (Lipinski definition) is 2. The Hall–Kier alpha value is -2.68. The summed E-state index contributed by atoms with van der Waals surface area (Å²) in [7, 11) is 0. The van der Waals surface area contributed by atoms with Crippen LogP contribution in [0, 0.1) is 0 Å². The first kappa shape index (κ1) is 19.6. The van der Waals surface area contributed by atoms with Gasteiger partial charge < -0.3 is 4.74 Å². The zero-order valence-corrected chi connectivity index (χ0v) is 17.0. The summed E-state index contributed by atoms with van der Waals surface area (Å²) < 4.78 is 5.86. The van der Waals surface area contributed by atoms with Gasteiger partial charge in [-0.1, -0.05) is 91.0 Å². The van der Waals surface area contributed by atoms with Crippen molar-refractivity contribution in [3.05, 3.63) is 113 Å². The maximum absolute atomic E-state index is 5.86. The van der Waals surface area contributed by atoms with Crippen molar-refractivity contribution in [3.63, 3.8) is 0 Å². The molecule has 0 saturated carbocycles. The molecule has 1 aliphatic heterocycles. The molecule has 0 unspecified atom stereocenters. The number of hydrogen-bond donors (Lipinski definition) is 0. The molecule has 0 N–H and O–H groups in total. The van der Waals surface area contributed by atoms with E-state index >= 15 is 0 Å². The Bertz CT molecular complexity index is 918. The maximum Gasteiger partial charge on any atom is 0.0717 e. The Balaban J connectivity index is 1.28. The van der Waals surface area contributed by atoms with Crippen LogP contribution >= 0.6 is 0 Å². The first-order valence-electron chi connectivity index (χ1n) is 10.5. The molecule has 0 spiro atoms. The molecule has 1 aliphatic rings. The molecule has 2 nitrogen and oxygen atoms in total. The van der Waals surface area contributed by atoms with Gasteiger partial charge in [-0.3, -0.25) is 4.90 Å². The van der Waals surface area contributed by atoms with Crippen molar-refractivity contribution in [2.45, 2.75) is 26.0 Å². The molecule has 0 atom stereocenters. The second-order valence-electron chi connectivity index (χ2n) is 7.69. The fraction of sp³-hybridized carbons (Fsp3) is 0.259. The van der Waals surface area contributed by atoms with Gasteiger partial charge in [-0.25, -0.2) is 0 Å². The van der Waals surface area contributed by atoms with E-state index in [-0.39, 0.29) is 0 Å². The van der Waals surface area contributed by atoms with E-state index in [2.05, 4.69) is 89.8 Å². The lowest BCUT2D eigenvalue weighted by molar-refractivity contribution is 0.124. The molecule has 2 heteroatoms. The second-order valence-corrected chi connectivity index (χ2v) is 7.69. The maximum atomic E-state index is 5.86. The lowest BCUT2D eigenvalue weighted by atomic mass is 9.97. The number of nitrogens with zero attached hydrogens (tertiary/aromatic N) is 1. The summed E-state index contributed by atoms with van der Waals surface area (Å²) in [5.74, 6) is 0. The molecule has 3 aromatic rings. The van der Waals surface area contributed by atoms with E-state index in [0.29, 0.717) is 6.61 Å². The quantitative estimate of drug-likeness (QED) is 0.460. The highest BCUT2D eigenvalue weighted by Gasteiger charge is 2.13. The van der Waals surface area contributed by atoms with Gasteiger partial charge in [0, 0.05) is 19.6 Å². The van der Waals surface area contributed by atoms with Crippen LogP contribution in [0.1, 0.15) is 28.7 Å². The van der Waals surface area contributed by atoms with E-state index < -0.39 is 0 Å². The molecule has 0 aromatic heterocycles. The van der Waals surface area contributed by atoms with Gasteiger partial charge in [-0.2, -0.15) is 0 Å². The predicted octanol–water partition coefficient (Wildman–Crippen LogP) is 5.74. The molecular formula is C27H29NO. The monoisotopic (exact) mass is 383 g/mol. The smallest absolute Gasteiger partial charge is 0.0717 e. The van der Waals surface area contributed by atoms with E-state index in [1.807, 2.05) is 6.07 Å². The summed E-state index contributed by atoms with van der Waals surface area (Å²) >= 11 is 0. The summed E-state index contributed by atoms with van der Waals surface area (Å²) in [6, 6.07) is 30.1. The van der Waals surface area contributed by atoms with E-state index in [9.17, 15) is 0 Å². The van der Waals surface area contributed by atoms with Gasteiger partial charge >= 0.3 is 0 Å². The van der Waals surface area contributed by atoms with Gasteiger partial charge in [-0.05, 0) is 40.7 Å². The summed E-state index contributed by atoms with van der Waals surface area (Å²) in [6.45, 7) is 4.61. The largest absolute Gasteiger partial charge is 0.376 e. The van der Waals surface area contributed by atoms with Crippen molar-refractivity contribution in [3.8, 4) is 0 Å². The Morgan fingerprint density at radius 3 is 2.21 bits per heavy atom. The van der Waals surface area contributed by atoms with Crippen LogP contribution in [0.2, 0.25) is 0 Å². The number of rotatable bonds is 8. The average Bonchev–Trinajstić information content (AvgIpc) is 2.79. The minimum Gasteiger partial charge on any atom is -0.376 e. The first-order valence-corrected chi connectivity index (χ1v) is 10.5. The van der Waals surface area contributed by atoms with Crippen molar-refractivity contribution >= 4 is 5.57 Å². The molecule has 1 heterocycles. The van der Waals surface area contributed by atoms with Crippen LogP contribution in [0.15, 0.2) is 91.0 Å². The van der Waals surface area contributed by atoms with Gasteiger partial charge in [-0.15, -0.1) is 0 Å². The zero-order valence-electron chi connectivity index (χ0n) is 17.0. The topological polar surface area (TPSA) is 12.5 Å². The van der Waals surface area contributed by atoms with Gasteiger partial charge in [0.25, 0.3) is 0 Å². The standard InChI is InChI=1S/C27H29NO/c1-3-8-24(9-4-1)21-28-17-14-26(15-18-28)27-13-7-12-23(20-27)16-19-29-22-25-10-5-2-6-11-25/h1-14,20H,15-19,21-22H2. The van der Waals surface area contributed by atoms with Crippen LogP contribution < -0.4 is 0 Å². The fourth-order valence-electron chi connectivity index (χ4n) is 3.84. The SMILES string of the molecule is C1=C(c2cccc(CCOCc3ccccc3)c2)CCN(Cc2ccccc2)C1. The normalized spacial score (nSPS) is 14.6. The molecule has 0 amide bonds. The third-order valence-electron chi connectivity index (χ3n) is 5.49. The first-order chi connectivity index (χ1) is 14.4. The van der Waals surface area contributed by atoms with Crippen LogP contribution in [-0.2, 0) is 24.3 Å².